The maximum Gasteiger partial charge on any atom is 0.343 e. The summed E-state index contributed by atoms with van der Waals surface area (Å²) < 4.78 is 10.2. The molecule has 3 aromatic rings. The van der Waals surface area contributed by atoms with Gasteiger partial charge in [0, 0.05) is 17.7 Å². The van der Waals surface area contributed by atoms with Gasteiger partial charge in [-0.25, -0.2) is 10.2 Å². The molecule has 0 aliphatic rings. The van der Waals surface area contributed by atoms with E-state index in [1.54, 1.807) is 24.3 Å². The third kappa shape index (κ3) is 5.86. The van der Waals surface area contributed by atoms with Gasteiger partial charge in [-0.15, -0.1) is 0 Å². The lowest BCUT2D eigenvalue weighted by Crippen LogP contribution is -2.34. The Hall–Kier alpha value is -4.80. The van der Waals surface area contributed by atoms with Crippen molar-refractivity contribution < 1.29 is 28.5 Å². The molecule has 1 aromatic heterocycles. The Morgan fingerprint density at radius 1 is 1.06 bits per heavy atom. The first-order valence-electron chi connectivity index (χ1n) is 9.13. The molecule has 0 radical (unpaired) electrons. The van der Waals surface area contributed by atoms with E-state index in [2.05, 4.69) is 15.8 Å². The van der Waals surface area contributed by atoms with E-state index in [0.717, 1.165) is 0 Å². The fraction of sp³-hybridized carbons (Fsp3) is 0.0476. The summed E-state index contributed by atoms with van der Waals surface area (Å²) in [5, 5.41) is 16.9. The van der Waals surface area contributed by atoms with Crippen molar-refractivity contribution in [2.75, 3.05) is 6.54 Å². The Kier molecular flexibility index (Phi) is 7.05. The number of nitro benzene ring substituents is 1. The Bertz CT molecular complexity index is 1160. The zero-order chi connectivity index (χ0) is 22.9. The number of nitro groups is 1. The zero-order valence-electron chi connectivity index (χ0n) is 16.4. The molecule has 0 saturated heterocycles. The van der Waals surface area contributed by atoms with Crippen LogP contribution in [0.5, 0.6) is 5.75 Å². The van der Waals surface area contributed by atoms with Crippen molar-refractivity contribution in [2.24, 2.45) is 5.10 Å². The highest BCUT2D eigenvalue weighted by atomic mass is 16.6. The quantitative estimate of drug-likeness (QED) is 0.181. The van der Waals surface area contributed by atoms with E-state index < -0.39 is 22.7 Å². The van der Waals surface area contributed by atoms with Gasteiger partial charge in [-0.05, 0) is 36.4 Å². The topological polar surface area (TPSA) is 153 Å². The molecule has 0 aliphatic carbocycles. The lowest BCUT2D eigenvalue weighted by molar-refractivity contribution is -0.384. The SMILES string of the molecule is O=C(CNC(=O)c1ccco1)N/N=C\c1ccccc1OC(=O)c1ccc([N+](=O)[O-])cc1. The highest BCUT2D eigenvalue weighted by Crippen LogP contribution is 2.19. The third-order valence-electron chi connectivity index (χ3n) is 3.98. The lowest BCUT2D eigenvalue weighted by Gasteiger charge is -2.07. The molecule has 32 heavy (non-hydrogen) atoms. The molecule has 0 bridgehead atoms. The summed E-state index contributed by atoms with van der Waals surface area (Å²) in [6, 6.07) is 14.4. The number of hydrazone groups is 1. The molecule has 3 rings (SSSR count). The number of ether oxygens (including phenoxy) is 1. The van der Waals surface area contributed by atoms with Gasteiger partial charge in [0.05, 0.1) is 29.5 Å². The molecule has 0 saturated carbocycles. The largest absolute Gasteiger partial charge is 0.459 e. The summed E-state index contributed by atoms with van der Waals surface area (Å²) >= 11 is 0. The van der Waals surface area contributed by atoms with Crippen LogP contribution < -0.4 is 15.5 Å². The van der Waals surface area contributed by atoms with Crippen molar-refractivity contribution >= 4 is 29.7 Å². The number of carbonyl (C=O) groups is 3. The van der Waals surface area contributed by atoms with Gasteiger partial charge in [-0.3, -0.25) is 19.7 Å². The summed E-state index contributed by atoms with van der Waals surface area (Å²) in [6.45, 7) is -0.326. The van der Waals surface area contributed by atoms with Gasteiger partial charge in [0.15, 0.2) is 5.76 Å². The molecular weight excluding hydrogens is 420 g/mol. The van der Waals surface area contributed by atoms with Crippen LogP contribution in [0.25, 0.3) is 0 Å². The van der Waals surface area contributed by atoms with Crippen LogP contribution >= 0.6 is 0 Å². The second-order valence-electron chi connectivity index (χ2n) is 6.18. The highest BCUT2D eigenvalue weighted by molar-refractivity contribution is 5.95. The molecule has 0 fully saturated rings. The average Bonchev–Trinajstić information content (AvgIpc) is 3.34. The minimum absolute atomic E-state index is 0.0741. The van der Waals surface area contributed by atoms with Crippen LogP contribution in [-0.4, -0.2) is 35.5 Å². The van der Waals surface area contributed by atoms with E-state index in [-0.39, 0.29) is 29.3 Å². The minimum atomic E-state index is -0.717. The zero-order valence-corrected chi connectivity index (χ0v) is 16.4. The maximum absolute atomic E-state index is 12.3. The summed E-state index contributed by atoms with van der Waals surface area (Å²) in [7, 11) is 0. The number of carbonyl (C=O) groups excluding carboxylic acids is 3. The summed E-state index contributed by atoms with van der Waals surface area (Å²) in [6.07, 6.45) is 2.61. The van der Waals surface area contributed by atoms with Crippen LogP contribution in [0.1, 0.15) is 26.5 Å². The number of benzene rings is 2. The molecule has 2 aromatic carbocycles. The molecule has 2 amide bonds. The van der Waals surface area contributed by atoms with Gasteiger partial charge < -0.3 is 14.5 Å². The predicted octanol–water partition coefficient (Wildman–Crippen LogP) is 2.29. The van der Waals surface area contributed by atoms with Gasteiger partial charge in [-0.1, -0.05) is 12.1 Å². The van der Waals surface area contributed by atoms with E-state index in [1.165, 1.54) is 48.9 Å². The average molecular weight is 436 g/mol. The molecule has 1 heterocycles. The number of hydrogen-bond donors (Lipinski definition) is 2. The first-order valence-corrected chi connectivity index (χ1v) is 9.13. The Morgan fingerprint density at radius 3 is 2.50 bits per heavy atom. The molecule has 162 valence electrons. The predicted molar refractivity (Wildman–Crippen MR) is 111 cm³/mol. The lowest BCUT2D eigenvalue weighted by atomic mass is 10.2. The second-order valence-corrected chi connectivity index (χ2v) is 6.18. The monoisotopic (exact) mass is 436 g/mol. The molecule has 0 aliphatic heterocycles. The first-order chi connectivity index (χ1) is 15.4. The molecular formula is C21H16N4O7. The van der Waals surface area contributed by atoms with Gasteiger partial charge in [0.25, 0.3) is 17.5 Å². The Balaban J connectivity index is 1.56. The van der Waals surface area contributed by atoms with E-state index in [4.69, 9.17) is 9.15 Å². The number of amides is 2. The van der Waals surface area contributed by atoms with Crippen LogP contribution in [-0.2, 0) is 4.79 Å². The van der Waals surface area contributed by atoms with E-state index in [9.17, 15) is 24.5 Å². The first kappa shape index (κ1) is 21.9. The van der Waals surface area contributed by atoms with Crippen molar-refractivity contribution in [1.29, 1.82) is 0 Å². The fourth-order valence-corrected chi connectivity index (χ4v) is 2.43. The normalized spacial score (nSPS) is 10.5. The van der Waals surface area contributed by atoms with Crippen LogP contribution in [0.4, 0.5) is 5.69 Å². The summed E-state index contributed by atoms with van der Waals surface area (Å²) in [5.74, 6) is -1.60. The van der Waals surface area contributed by atoms with Gasteiger partial charge >= 0.3 is 5.97 Å². The number of esters is 1. The number of rotatable bonds is 8. The number of hydrogen-bond acceptors (Lipinski definition) is 8. The fourth-order valence-electron chi connectivity index (χ4n) is 2.43. The van der Waals surface area contributed by atoms with Crippen molar-refractivity contribution in [3.63, 3.8) is 0 Å². The van der Waals surface area contributed by atoms with Crippen LogP contribution in [0.3, 0.4) is 0 Å². The van der Waals surface area contributed by atoms with Crippen LogP contribution in [0.15, 0.2) is 76.4 Å². The number of furan rings is 1. The van der Waals surface area contributed by atoms with Crippen molar-refractivity contribution in [3.05, 3.63) is 93.9 Å². The molecule has 0 atom stereocenters. The number of non-ortho nitro benzene ring substituents is 1. The number of nitrogens with zero attached hydrogens (tertiary/aromatic N) is 2. The summed E-state index contributed by atoms with van der Waals surface area (Å²) in [4.78, 5) is 46.0. The van der Waals surface area contributed by atoms with Gasteiger partial charge in [0.1, 0.15) is 5.75 Å². The molecule has 11 heteroatoms. The van der Waals surface area contributed by atoms with Gasteiger partial charge in [0.2, 0.25) is 0 Å². The van der Waals surface area contributed by atoms with Crippen molar-refractivity contribution in [3.8, 4) is 5.75 Å². The maximum atomic E-state index is 12.3. The molecule has 2 N–H and O–H groups in total. The molecule has 11 nitrogen and oxygen atoms in total. The number of nitrogens with one attached hydrogen (secondary N) is 2. The summed E-state index contributed by atoms with van der Waals surface area (Å²) in [5.41, 5.74) is 2.61. The van der Waals surface area contributed by atoms with E-state index in [1.807, 2.05) is 0 Å². The van der Waals surface area contributed by atoms with Gasteiger partial charge in [-0.2, -0.15) is 5.10 Å². The smallest absolute Gasteiger partial charge is 0.343 e. The standard InChI is InChI=1S/C21H16N4O7/c26-19(13-22-20(27)18-6-3-11-31-18)24-23-12-15-4-1-2-5-17(15)32-21(28)14-7-9-16(10-8-14)25(29)30/h1-12H,13H2,(H,22,27)(H,24,26)/b23-12-. The number of para-hydroxylation sites is 1. The van der Waals surface area contributed by atoms with Crippen LogP contribution in [0, 0.1) is 10.1 Å². The molecule has 0 unspecified atom stereocenters. The van der Waals surface area contributed by atoms with Crippen molar-refractivity contribution in [1.82, 2.24) is 10.7 Å². The minimum Gasteiger partial charge on any atom is -0.459 e. The molecule has 0 spiro atoms. The van der Waals surface area contributed by atoms with E-state index in [0.29, 0.717) is 5.56 Å². The van der Waals surface area contributed by atoms with E-state index >= 15 is 0 Å². The van der Waals surface area contributed by atoms with Crippen LogP contribution in [0.2, 0.25) is 0 Å². The Morgan fingerprint density at radius 2 is 1.81 bits per heavy atom. The third-order valence-corrected chi connectivity index (χ3v) is 3.98. The Labute approximate surface area is 180 Å². The van der Waals surface area contributed by atoms with Crippen molar-refractivity contribution in [2.45, 2.75) is 0 Å². The second kappa shape index (κ2) is 10.3. The highest BCUT2D eigenvalue weighted by Gasteiger charge is 2.13.